The molecule has 1 aromatic carbocycles. The maximum Gasteiger partial charge on any atom is 0.220 e. The summed E-state index contributed by atoms with van der Waals surface area (Å²) in [5, 5.41) is 6.44. The second-order valence-electron chi connectivity index (χ2n) is 4.21. The van der Waals surface area contributed by atoms with Crippen molar-refractivity contribution in [1.82, 2.24) is 10.6 Å². The molecule has 1 heterocycles. The second-order valence-corrected chi connectivity index (χ2v) is 4.65. The average molecular weight is 257 g/mol. The molecule has 0 aromatic heterocycles. The number of carbonyl (C=O) groups is 1. The normalized spacial score (nSPS) is 19.4. The van der Waals surface area contributed by atoms with Gasteiger partial charge >= 0.3 is 0 Å². The molecule has 2 rings (SSSR count). The van der Waals surface area contributed by atoms with Gasteiger partial charge in [0.15, 0.2) is 0 Å². The first-order valence-corrected chi connectivity index (χ1v) is 5.96. The summed E-state index contributed by atoms with van der Waals surface area (Å²) in [6, 6.07) is 4.64. The summed E-state index contributed by atoms with van der Waals surface area (Å²) < 4.78 is 13.0. The van der Waals surface area contributed by atoms with Crippen LogP contribution >= 0.6 is 11.6 Å². The largest absolute Gasteiger partial charge is 0.352 e. The molecule has 1 aliphatic heterocycles. The monoisotopic (exact) mass is 256 g/mol. The van der Waals surface area contributed by atoms with Gasteiger partial charge in [-0.15, -0.1) is 0 Å². The summed E-state index contributed by atoms with van der Waals surface area (Å²) in [5.41, 5.74) is 0.805. The van der Waals surface area contributed by atoms with Gasteiger partial charge in [0, 0.05) is 30.6 Å². The first-order valence-electron chi connectivity index (χ1n) is 5.58. The Labute approximate surface area is 104 Å². The first kappa shape index (κ1) is 12.3. The van der Waals surface area contributed by atoms with E-state index in [0.29, 0.717) is 24.5 Å². The molecule has 1 aliphatic rings. The maximum absolute atomic E-state index is 13.0. The Morgan fingerprint density at radius 1 is 1.47 bits per heavy atom. The zero-order valence-electron chi connectivity index (χ0n) is 9.30. The van der Waals surface area contributed by atoms with E-state index in [2.05, 4.69) is 10.6 Å². The lowest BCUT2D eigenvalue weighted by Crippen LogP contribution is -2.35. The lowest BCUT2D eigenvalue weighted by atomic mass is 10.2. The third-order valence-electron chi connectivity index (χ3n) is 2.73. The molecule has 1 unspecified atom stereocenters. The number of hydrogen-bond acceptors (Lipinski definition) is 2. The van der Waals surface area contributed by atoms with Gasteiger partial charge in [0.25, 0.3) is 0 Å². The van der Waals surface area contributed by atoms with Crippen molar-refractivity contribution in [1.29, 1.82) is 0 Å². The molecule has 17 heavy (non-hydrogen) atoms. The Kier molecular flexibility index (Phi) is 3.97. The smallest absolute Gasteiger partial charge is 0.220 e. The van der Waals surface area contributed by atoms with E-state index in [-0.39, 0.29) is 17.8 Å². The Morgan fingerprint density at radius 2 is 2.29 bits per heavy atom. The van der Waals surface area contributed by atoms with Gasteiger partial charge in [0.2, 0.25) is 5.91 Å². The summed E-state index contributed by atoms with van der Waals surface area (Å²) >= 11 is 5.75. The highest BCUT2D eigenvalue weighted by atomic mass is 35.5. The van der Waals surface area contributed by atoms with Crippen molar-refractivity contribution in [3.63, 3.8) is 0 Å². The average Bonchev–Trinajstić information content (AvgIpc) is 2.63. The van der Waals surface area contributed by atoms with Crippen LogP contribution in [-0.4, -0.2) is 18.5 Å². The number of halogens is 2. The van der Waals surface area contributed by atoms with Crippen molar-refractivity contribution >= 4 is 17.5 Å². The lowest BCUT2D eigenvalue weighted by molar-refractivity contribution is -0.119. The van der Waals surface area contributed by atoms with E-state index in [0.717, 1.165) is 12.0 Å². The molecule has 1 aromatic rings. The zero-order valence-corrected chi connectivity index (χ0v) is 10.1. The molecule has 0 bridgehead atoms. The van der Waals surface area contributed by atoms with Gasteiger partial charge in [-0.1, -0.05) is 11.6 Å². The fourth-order valence-corrected chi connectivity index (χ4v) is 2.18. The van der Waals surface area contributed by atoms with Crippen LogP contribution in [-0.2, 0) is 11.3 Å². The van der Waals surface area contributed by atoms with Gasteiger partial charge in [-0.25, -0.2) is 4.39 Å². The molecule has 92 valence electrons. The minimum Gasteiger partial charge on any atom is -0.352 e. The Morgan fingerprint density at radius 3 is 2.94 bits per heavy atom. The van der Waals surface area contributed by atoms with E-state index >= 15 is 0 Å². The van der Waals surface area contributed by atoms with Crippen molar-refractivity contribution < 1.29 is 9.18 Å². The topological polar surface area (TPSA) is 41.1 Å². The van der Waals surface area contributed by atoms with Gasteiger partial charge in [-0.05, 0) is 30.2 Å². The number of hydrogen-bond donors (Lipinski definition) is 2. The number of nitrogens with one attached hydrogen (secondary N) is 2. The molecule has 2 N–H and O–H groups in total. The van der Waals surface area contributed by atoms with Crippen molar-refractivity contribution in [2.45, 2.75) is 25.4 Å². The van der Waals surface area contributed by atoms with Crippen LogP contribution in [0.15, 0.2) is 18.2 Å². The minimum absolute atomic E-state index is 0.102. The van der Waals surface area contributed by atoms with E-state index < -0.39 is 0 Å². The van der Waals surface area contributed by atoms with Crippen molar-refractivity contribution in [3.8, 4) is 0 Å². The summed E-state index contributed by atoms with van der Waals surface area (Å²) in [6.45, 7) is 1.24. The van der Waals surface area contributed by atoms with Crippen LogP contribution < -0.4 is 10.6 Å². The fourth-order valence-electron chi connectivity index (χ4n) is 1.93. The molecule has 5 heteroatoms. The van der Waals surface area contributed by atoms with Crippen molar-refractivity contribution in [3.05, 3.63) is 34.6 Å². The number of benzene rings is 1. The van der Waals surface area contributed by atoms with Crippen LogP contribution in [0.4, 0.5) is 4.39 Å². The van der Waals surface area contributed by atoms with E-state index in [9.17, 15) is 9.18 Å². The minimum atomic E-state index is -0.330. The van der Waals surface area contributed by atoms with Crippen LogP contribution in [0, 0.1) is 5.82 Å². The van der Waals surface area contributed by atoms with E-state index in [1.807, 2.05) is 0 Å². The summed E-state index contributed by atoms with van der Waals surface area (Å²) in [6.07, 6.45) is 1.45. The third-order valence-corrected chi connectivity index (χ3v) is 2.95. The number of amides is 1. The molecular formula is C12H14ClFN2O. The Hall–Kier alpha value is -1.13. The lowest BCUT2D eigenvalue weighted by Gasteiger charge is -2.11. The Bertz CT molecular complexity index is 405. The molecule has 0 aliphatic carbocycles. The third kappa shape index (κ3) is 3.68. The highest BCUT2D eigenvalue weighted by Gasteiger charge is 2.19. The second kappa shape index (κ2) is 5.47. The van der Waals surface area contributed by atoms with Crippen LogP contribution in [0.2, 0.25) is 5.02 Å². The quantitative estimate of drug-likeness (QED) is 0.863. The van der Waals surface area contributed by atoms with E-state index in [1.165, 1.54) is 12.1 Å². The van der Waals surface area contributed by atoms with Crippen LogP contribution in [0.3, 0.4) is 0 Å². The molecule has 1 saturated heterocycles. The van der Waals surface area contributed by atoms with Gasteiger partial charge in [-0.3, -0.25) is 4.79 Å². The van der Waals surface area contributed by atoms with Gasteiger partial charge in [0.1, 0.15) is 5.82 Å². The van der Waals surface area contributed by atoms with Crippen LogP contribution in [0.1, 0.15) is 18.4 Å². The van der Waals surface area contributed by atoms with Crippen molar-refractivity contribution in [2.75, 3.05) is 6.54 Å². The summed E-state index contributed by atoms with van der Waals surface area (Å²) in [5.74, 6) is -0.228. The molecule has 0 spiro atoms. The molecule has 1 amide bonds. The molecular weight excluding hydrogens is 243 g/mol. The van der Waals surface area contributed by atoms with E-state index in [4.69, 9.17) is 11.6 Å². The van der Waals surface area contributed by atoms with Gasteiger partial charge < -0.3 is 10.6 Å². The van der Waals surface area contributed by atoms with Crippen LogP contribution in [0.25, 0.3) is 0 Å². The van der Waals surface area contributed by atoms with Crippen LogP contribution in [0.5, 0.6) is 0 Å². The molecule has 0 radical (unpaired) electrons. The Balaban J connectivity index is 1.79. The van der Waals surface area contributed by atoms with E-state index in [1.54, 1.807) is 6.07 Å². The molecule has 1 fully saturated rings. The van der Waals surface area contributed by atoms with Gasteiger partial charge in [-0.2, -0.15) is 0 Å². The molecule has 0 saturated carbocycles. The highest BCUT2D eigenvalue weighted by molar-refractivity contribution is 6.30. The number of carbonyl (C=O) groups excluding carboxylic acids is 1. The SMILES string of the molecule is O=C1CCC(CNCc2cc(F)cc(Cl)c2)N1. The number of rotatable bonds is 4. The maximum atomic E-state index is 13.0. The standard InChI is InChI=1S/C12H14ClFN2O/c13-9-3-8(4-10(14)5-9)6-15-7-11-1-2-12(17)16-11/h3-5,11,15H,1-2,6-7H2,(H,16,17). The predicted molar refractivity (Wildman–Crippen MR) is 64.3 cm³/mol. The first-order chi connectivity index (χ1) is 8.13. The predicted octanol–water partition coefficient (Wildman–Crippen LogP) is 1.85. The summed E-state index contributed by atoms with van der Waals surface area (Å²) in [4.78, 5) is 11.0. The fraction of sp³-hybridized carbons (Fsp3) is 0.417. The van der Waals surface area contributed by atoms with Gasteiger partial charge in [0.05, 0.1) is 0 Å². The molecule has 1 atom stereocenters. The summed E-state index contributed by atoms with van der Waals surface area (Å²) in [7, 11) is 0. The highest BCUT2D eigenvalue weighted by Crippen LogP contribution is 2.14. The zero-order chi connectivity index (χ0) is 12.3. The molecule has 3 nitrogen and oxygen atoms in total. The van der Waals surface area contributed by atoms with Crippen molar-refractivity contribution in [2.24, 2.45) is 0 Å².